The highest BCUT2D eigenvalue weighted by atomic mass is 15.0. The molecule has 0 bridgehead atoms. The van der Waals surface area contributed by atoms with Crippen molar-refractivity contribution in [1.29, 1.82) is 0 Å². The molecule has 0 aromatic carbocycles. The molecule has 1 aromatic heterocycles. The van der Waals surface area contributed by atoms with E-state index in [4.69, 9.17) is 0 Å². The van der Waals surface area contributed by atoms with Crippen LogP contribution in [0.4, 0.5) is 0 Å². The van der Waals surface area contributed by atoms with E-state index in [0.717, 1.165) is 0 Å². The molecule has 2 N–H and O–H groups in total. The van der Waals surface area contributed by atoms with Crippen LogP contribution in [0, 0.1) is 0 Å². The first kappa shape index (κ1) is 12.5. The Morgan fingerprint density at radius 1 is 1.53 bits per heavy atom. The topological polar surface area (TPSA) is 37.0 Å². The van der Waals surface area contributed by atoms with Gasteiger partial charge in [-0.2, -0.15) is 0 Å². The van der Waals surface area contributed by atoms with E-state index < -0.39 is 0 Å². The predicted molar refractivity (Wildman–Crippen MR) is 70.9 cm³/mol. The van der Waals surface area contributed by atoms with Crippen LogP contribution in [-0.4, -0.2) is 23.6 Å². The zero-order chi connectivity index (χ0) is 12.1. The highest BCUT2D eigenvalue weighted by Crippen LogP contribution is 2.15. The Balaban J connectivity index is 1.79. The third-order valence-corrected chi connectivity index (χ3v) is 3.52. The summed E-state index contributed by atoms with van der Waals surface area (Å²) < 4.78 is 0. The van der Waals surface area contributed by atoms with Gasteiger partial charge in [-0.3, -0.25) is 4.98 Å². The van der Waals surface area contributed by atoms with Gasteiger partial charge in [0.1, 0.15) is 0 Å². The third-order valence-electron chi connectivity index (χ3n) is 3.52. The minimum atomic E-state index is 0.375. The highest BCUT2D eigenvalue weighted by molar-refractivity contribution is 5.12. The lowest BCUT2D eigenvalue weighted by molar-refractivity contribution is 0.407. The summed E-state index contributed by atoms with van der Waals surface area (Å²) in [5.74, 6) is 0. The van der Waals surface area contributed by atoms with Crippen LogP contribution in [0.25, 0.3) is 0 Å². The van der Waals surface area contributed by atoms with E-state index >= 15 is 0 Å². The van der Waals surface area contributed by atoms with Gasteiger partial charge < -0.3 is 10.6 Å². The molecule has 2 unspecified atom stereocenters. The average molecular weight is 233 g/mol. The Kier molecular flexibility index (Phi) is 4.51. The van der Waals surface area contributed by atoms with Gasteiger partial charge in [0.2, 0.25) is 0 Å². The van der Waals surface area contributed by atoms with E-state index in [2.05, 4.69) is 35.5 Å². The van der Waals surface area contributed by atoms with Crippen LogP contribution in [0.15, 0.2) is 24.5 Å². The SMILES string of the molecule is CC(CC1CCCN1)N[C@@H](C)c1cccnc1. The second-order valence-electron chi connectivity index (χ2n) is 5.10. The molecule has 2 heterocycles. The summed E-state index contributed by atoms with van der Waals surface area (Å²) in [5, 5.41) is 7.19. The largest absolute Gasteiger partial charge is 0.314 e. The molecule has 0 amide bonds. The smallest absolute Gasteiger partial charge is 0.0315 e. The van der Waals surface area contributed by atoms with Crippen LogP contribution in [0.3, 0.4) is 0 Å². The number of pyridine rings is 1. The summed E-state index contributed by atoms with van der Waals surface area (Å²) >= 11 is 0. The van der Waals surface area contributed by atoms with Gasteiger partial charge >= 0.3 is 0 Å². The van der Waals surface area contributed by atoms with Gasteiger partial charge in [0.05, 0.1) is 0 Å². The normalized spacial score (nSPS) is 23.5. The van der Waals surface area contributed by atoms with Crippen molar-refractivity contribution in [2.75, 3.05) is 6.54 Å². The minimum absolute atomic E-state index is 0.375. The first-order chi connectivity index (χ1) is 8.25. The van der Waals surface area contributed by atoms with Crippen molar-refractivity contribution in [2.45, 2.75) is 51.2 Å². The summed E-state index contributed by atoms with van der Waals surface area (Å²) in [4.78, 5) is 4.16. The molecule has 1 aliphatic heterocycles. The monoisotopic (exact) mass is 233 g/mol. The first-order valence-corrected chi connectivity index (χ1v) is 6.65. The van der Waals surface area contributed by atoms with Crippen molar-refractivity contribution in [3.63, 3.8) is 0 Å². The zero-order valence-corrected chi connectivity index (χ0v) is 10.8. The lowest BCUT2D eigenvalue weighted by Crippen LogP contribution is -2.35. The Bertz CT molecular complexity index is 319. The van der Waals surface area contributed by atoms with Crippen molar-refractivity contribution in [3.8, 4) is 0 Å². The molecule has 94 valence electrons. The van der Waals surface area contributed by atoms with E-state index in [1.165, 1.54) is 31.4 Å². The minimum Gasteiger partial charge on any atom is -0.314 e. The second-order valence-corrected chi connectivity index (χ2v) is 5.10. The summed E-state index contributed by atoms with van der Waals surface area (Å²) in [7, 11) is 0. The Hall–Kier alpha value is -0.930. The number of aromatic nitrogens is 1. The maximum atomic E-state index is 4.16. The van der Waals surface area contributed by atoms with Crippen LogP contribution in [0.2, 0.25) is 0 Å². The number of nitrogens with zero attached hydrogens (tertiary/aromatic N) is 1. The van der Waals surface area contributed by atoms with Gasteiger partial charge in [0.15, 0.2) is 0 Å². The molecule has 3 heteroatoms. The lowest BCUT2D eigenvalue weighted by atomic mass is 10.0. The van der Waals surface area contributed by atoms with Gasteiger partial charge in [-0.05, 0) is 51.3 Å². The maximum Gasteiger partial charge on any atom is 0.0315 e. The van der Waals surface area contributed by atoms with E-state index in [1.54, 1.807) is 0 Å². The standard InChI is InChI=1S/C14H23N3/c1-11(9-14-6-4-8-16-14)17-12(2)13-5-3-7-15-10-13/h3,5,7,10-12,14,16-17H,4,6,8-9H2,1-2H3/t11?,12-,14?/m0/s1. The Morgan fingerprint density at radius 3 is 3.06 bits per heavy atom. The van der Waals surface area contributed by atoms with Gasteiger partial charge in [-0.15, -0.1) is 0 Å². The zero-order valence-electron chi connectivity index (χ0n) is 10.8. The van der Waals surface area contributed by atoms with Crippen molar-refractivity contribution in [3.05, 3.63) is 30.1 Å². The number of hydrogen-bond acceptors (Lipinski definition) is 3. The molecule has 0 aliphatic carbocycles. The molecule has 17 heavy (non-hydrogen) atoms. The third kappa shape index (κ3) is 3.79. The molecule has 0 radical (unpaired) electrons. The number of hydrogen-bond donors (Lipinski definition) is 2. The molecule has 1 aliphatic rings. The molecular formula is C14H23N3. The van der Waals surface area contributed by atoms with Crippen LogP contribution in [0.1, 0.15) is 44.7 Å². The number of nitrogens with one attached hydrogen (secondary N) is 2. The molecular weight excluding hydrogens is 210 g/mol. The van der Waals surface area contributed by atoms with Gasteiger partial charge in [-0.1, -0.05) is 6.07 Å². The van der Waals surface area contributed by atoms with E-state index in [-0.39, 0.29) is 0 Å². The summed E-state index contributed by atoms with van der Waals surface area (Å²) in [5.41, 5.74) is 1.26. The molecule has 2 rings (SSSR count). The highest BCUT2D eigenvalue weighted by Gasteiger charge is 2.18. The fourth-order valence-electron chi connectivity index (χ4n) is 2.61. The molecule has 0 spiro atoms. The van der Waals surface area contributed by atoms with Gasteiger partial charge in [-0.25, -0.2) is 0 Å². The second kappa shape index (κ2) is 6.12. The Morgan fingerprint density at radius 2 is 2.41 bits per heavy atom. The van der Waals surface area contributed by atoms with Crippen LogP contribution < -0.4 is 10.6 Å². The molecule has 1 aromatic rings. The molecule has 3 nitrogen and oxygen atoms in total. The molecule has 0 saturated carbocycles. The molecule has 3 atom stereocenters. The van der Waals surface area contributed by atoms with Gasteiger partial charge in [0.25, 0.3) is 0 Å². The summed E-state index contributed by atoms with van der Waals surface area (Å²) in [6.07, 6.45) is 7.63. The van der Waals surface area contributed by atoms with Crippen molar-refractivity contribution >= 4 is 0 Å². The van der Waals surface area contributed by atoms with Crippen molar-refractivity contribution < 1.29 is 0 Å². The molecule has 1 saturated heterocycles. The maximum absolute atomic E-state index is 4.16. The van der Waals surface area contributed by atoms with Crippen LogP contribution >= 0.6 is 0 Å². The van der Waals surface area contributed by atoms with E-state index in [9.17, 15) is 0 Å². The van der Waals surface area contributed by atoms with Crippen LogP contribution in [0.5, 0.6) is 0 Å². The molecule has 1 fully saturated rings. The van der Waals surface area contributed by atoms with Gasteiger partial charge in [0, 0.05) is 30.5 Å². The first-order valence-electron chi connectivity index (χ1n) is 6.65. The van der Waals surface area contributed by atoms with E-state index in [0.29, 0.717) is 18.1 Å². The Labute approximate surface area is 104 Å². The van der Waals surface area contributed by atoms with Crippen molar-refractivity contribution in [2.24, 2.45) is 0 Å². The number of rotatable bonds is 5. The van der Waals surface area contributed by atoms with Crippen LogP contribution in [-0.2, 0) is 0 Å². The average Bonchev–Trinajstić information content (AvgIpc) is 2.82. The fourth-order valence-corrected chi connectivity index (χ4v) is 2.61. The van der Waals surface area contributed by atoms with Crippen molar-refractivity contribution in [1.82, 2.24) is 15.6 Å². The predicted octanol–water partition coefficient (Wildman–Crippen LogP) is 2.26. The fraction of sp³-hybridized carbons (Fsp3) is 0.643. The summed E-state index contributed by atoms with van der Waals surface area (Å²) in [6.45, 7) is 5.66. The van der Waals surface area contributed by atoms with E-state index in [1.807, 2.05) is 18.5 Å². The lowest BCUT2D eigenvalue weighted by Gasteiger charge is -2.22. The quantitative estimate of drug-likeness (QED) is 0.819. The summed E-state index contributed by atoms with van der Waals surface area (Å²) in [6, 6.07) is 5.75.